The van der Waals surface area contributed by atoms with Gasteiger partial charge in [0.1, 0.15) is 5.82 Å². The molecule has 0 saturated heterocycles. The smallest absolute Gasteiger partial charge is 0.148 e. The fraction of sp³-hybridized carbons (Fsp3) is 0.176. The second-order valence-electron chi connectivity index (χ2n) is 4.74. The van der Waals surface area contributed by atoms with Gasteiger partial charge >= 0.3 is 0 Å². The lowest BCUT2D eigenvalue weighted by molar-refractivity contribution is 1.04. The summed E-state index contributed by atoms with van der Waals surface area (Å²) < 4.78 is 0. The molecule has 0 aliphatic heterocycles. The van der Waals surface area contributed by atoms with Gasteiger partial charge in [0.15, 0.2) is 0 Å². The monoisotopic (exact) mass is 280 g/mol. The Bertz CT molecular complexity index is 657. The minimum absolute atomic E-state index is 0.765. The van der Waals surface area contributed by atoms with Gasteiger partial charge in [-0.2, -0.15) is 0 Å². The van der Waals surface area contributed by atoms with Crippen LogP contribution < -0.4 is 10.6 Å². The Hall–Kier alpha value is -2.62. The summed E-state index contributed by atoms with van der Waals surface area (Å²) in [7, 11) is 3.68. The molecule has 0 aliphatic carbocycles. The maximum absolute atomic E-state index is 4.24. The molecule has 0 atom stereocenters. The molecule has 1 heterocycles. The SMILES string of the molecule is C=C(/C=C/c1ccc(-c2ccc(NC)nn2)c(C)c1)NC. The van der Waals surface area contributed by atoms with Gasteiger partial charge in [-0.25, -0.2) is 0 Å². The van der Waals surface area contributed by atoms with Crippen LogP contribution in [0.2, 0.25) is 0 Å². The Labute approximate surface area is 125 Å². The molecule has 0 unspecified atom stereocenters. The van der Waals surface area contributed by atoms with Crippen molar-refractivity contribution < 1.29 is 0 Å². The Kier molecular flexibility index (Phi) is 4.72. The first kappa shape index (κ1) is 14.8. The highest BCUT2D eigenvalue weighted by Gasteiger charge is 2.04. The lowest BCUT2D eigenvalue weighted by Gasteiger charge is -2.07. The zero-order valence-electron chi connectivity index (χ0n) is 12.6. The van der Waals surface area contributed by atoms with Crippen LogP contribution in [-0.4, -0.2) is 24.3 Å². The normalized spacial score (nSPS) is 10.6. The van der Waals surface area contributed by atoms with Crippen molar-refractivity contribution >= 4 is 11.9 Å². The first-order valence-electron chi connectivity index (χ1n) is 6.81. The standard InChI is InChI=1S/C17H20N4/c1-12-11-14(6-5-13(2)18-3)7-8-15(12)16-9-10-17(19-4)21-20-16/h5-11,18H,2H2,1,3-4H3,(H,19,21)/b6-5+. The van der Waals surface area contributed by atoms with Crippen LogP contribution >= 0.6 is 0 Å². The van der Waals surface area contributed by atoms with E-state index in [4.69, 9.17) is 0 Å². The molecule has 1 aromatic heterocycles. The maximum atomic E-state index is 4.24. The van der Waals surface area contributed by atoms with Crippen LogP contribution in [0.25, 0.3) is 17.3 Å². The highest BCUT2D eigenvalue weighted by Crippen LogP contribution is 2.23. The average molecular weight is 280 g/mol. The largest absolute Gasteiger partial charge is 0.389 e. The Balaban J connectivity index is 2.26. The zero-order valence-corrected chi connectivity index (χ0v) is 12.6. The van der Waals surface area contributed by atoms with Crippen LogP contribution in [0.1, 0.15) is 11.1 Å². The molecule has 0 spiro atoms. The molecule has 0 fully saturated rings. The number of anilines is 1. The number of aromatic nitrogens is 2. The number of likely N-dealkylation sites (N-methyl/N-ethyl adjacent to an activating group) is 1. The van der Waals surface area contributed by atoms with Crippen molar-refractivity contribution in [2.75, 3.05) is 19.4 Å². The summed E-state index contributed by atoms with van der Waals surface area (Å²) in [6.45, 7) is 5.95. The predicted molar refractivity (Wildman–Crippen MR) is 89.0 cm³/mol. The lowest BCUT2D eigenvalue weighted by atomic mass is 10.0. The van der Waals surface area contributed by atoms with E-state index in [-0.39, 0.29) is 0 Å². The highest BCUT2D eigenvalue weighted by atomic mass is 15.2. The zero-order chi connectivity index (χ0) is 15.2. The van der Waals surface area contributed by atoms with Gasteiger partial charge in [-0.15, -0.1) is 10.2 Å². The maximum Gasteiger partial charge on any atom is 0.148 e. The molecule has 0 aliphatic rings. The highest BCUT2D eigenvalue weighted by molar-refractivity contribution is 5.67. The average Bonchev–Trinajstić information content (AvgIpc) is 2.53. The van der Waals surface area contributed by atoms with Crippen LogP contribution in [0.15, 0.2) is 48.7 Å². The molecule has 0 saturated carbocycles. The molecule has 4 heteroatoms. The van der Waals surface area contributed by atoms with Gasteiger partial charge in [-0.1, -0.05) is 30.9 Å². The van der Waals surface area contributed by atoms with Crippen LogP contribution in [0.5, 0.6) is 0 Å². The fourth-order valence-corrected chi connectivity index (χ4v) is 1.97. The van der Waals surface area contributed by atoms with E-state index in [2.05, 4.69) is 52.5 Å². The van der Waals surface area contributed by atoms with Crippen LogP contribution in [0.4, 0.5) is 5.82 Å². The quantitative estimate of drug-likeness (QED) is 0.826. The van der Waals surface area contributed by atoms with Gasteiger partial charge in [0.25, 0.3) is 0 Å². The number of hydrogen-bond acceptors (Lipinski definition) is 4. The number of nitrogens with zero attached hydrogens (tertiary/aromatic N) is 2. The van der Waals surface area contributed by atoms with Crippen molar-refractivity contribution in [3.63, 3.8) is 0 Å². The van der Waals surface area contributed by atoms with E-state index >= 15 is 0 Å². The molecule has 108 valence electrons. The minimum Gasteiger partial charge on any atom is -0.389 e. The lowest BCUT2D eigenvalue weighted by Crippen LogP contribution is -2.00. The van der Waals surface area contributed by atoms with E-state index in [0.717, 1.165) is 28.3 Å². The first-order chi connectivity index (χ1) is 10.1. The van der Waals surface area contributed by atoms with Crippen molar-refractivity contribution in [3.05, 3.63) is 59.8 Å². The van der Waals surface area contributed by atoms with Gasteiger partial charge in [-0.05, 0) is 36.3 Å². The number of rotatable bonds is 5. The molecule has 2 N–H and O–H groups in total. The number of nitrogens with one attached hydrogen (secondary N) is 2. The third-order valence-electron chi connectivity index (χ3n) is 3.25. The van der Waals surface area contributed by atoms with Gasteiger partial charge in [-0.3, -0.25) is 0 Å². The van der Waals surface area contributed by atoms with E-state index in [1.807, 2.05) is 38.4 Å². The Morgan fingerprint density at radius 1 is 1.14 bits per heavy atom. The molecular formula is C17H20N4. The number of aryl methyl sites for hydroxylation is 1. The summed E-state index contributed by atoms with van der Waals surface area (Å²) in [6.07, 6.45) is 3.99. The second kappa shape index (κ2) is 6.70. The number of allylic oxidation sites excluding steroid dienone is 1. The van der Waals surface area contributed by atoms with E-state index < -0.39 is 0 Å². The summed E-state index contributed by atoms with van der Waals surface area (Å²) in [6, 6.07) is 10.2. The summed E-state index contributed by atoms with van der Waals surface area (Å²) >= 11 is 0. The molecule has 0 bridgehead atoms. The van der Waals surface area contributed by atoms with Crippen molar-refractivity contribution in [2.24, 2.45) is 0 Å². The minimum atomic E-state index is 0.765. The van der Waals surface area contributed by atoms with E-state index in [0.29, 0.717) is 0 Å². The number of benzene rings is 1. The molecular weight excluding hydrogens is 260 g/mol. The molecule has 0 radical (unpaired) electrons. The van der Waals surface area contributed by atoms with Crippen LogP contribution in [0, 0.1) is 6.92 Å². The number of hydrogen-bond donors (Lipinski definition) is 2. The van der Waals surface area contributed by atoms with Gasteiger partial charge in [0.2, 0.25) is 0 Å². The van der Waals surface area contributed by atoms with Crippen LogP contribution in [0.3, 0.4) is 0 Å². The van der Waals surface area contributed by atoms with Crippen molar-refractivity contribution in [3.8, 4) is 11.3 Å². The molecule has 4 nitrogen and oxygen atoms in total. The van der Waals surface area contributed by atoms with E-state index in [1.54, 1.807) is 0 Å². The van der Waals surface area contributed by atoms with Gasteiger partial charge in [0.05, 0.1) is 5.69 Å². The molecule has 2 rings (SSSR count). The molecule has 21 heavy (non-hydrogen) atoms. The van der Waals surface area contributed by atoms with Crippen molar-refractivity contribution in [1.82, 2.24) is 15.5 Å². The topological polar surface area (TPSA) is 49.8 Å². The van der Waals surface area contributed by atoms with Crippen LogP contribution in [-0.2, 0) is 0 Å². The van der Waals surface area contributed by atoms with E-state index in [1.165, 1.54) is 5.56 Å². The van der Waals surface area contributed by atoms with Gasteiger partial charge in [0, 0.05) is 25.4 Å². The van der Waals surface area contributed by atoms with Crippen molar-refractivity contribution in [2.45, 2.75) is 6.92 Å². The predicted octanol–water partition coefficient (Wildman–Crippen LogP) is 3.24. The first-order valence-corrected chi connectivity index (χ1v) is 6.81. The van der Waals surface area contributed by atoms with Crippen molar-refractivity contribution in [1.29, 1.82) is 0 Å². The summed E-state index contributed by atoms with van der Waals surface area (Å²) in [5.41, 5.74) is 5.15. The third-order valence-corrected chi connectivity index (χ3v) is 3.25. The fourth-order valence-electron chi connectivity index (χ4n) is 1.97. The molecule has 0 amide bonds. The second-order valence-corrected chi connectivity index (χ2v) is 4.74. The van der Waals surface area contributed by atoms with Gasteiger partial charge < -0.3 is 10.6 Å². The summed E-state index contributed by atoms with van der Waals surface area (Å²) in [5, 5.41) is 14.3. The third kappa shape index (κ3) is 3.69. The Morgan fingerprint density at radius 3 is 2.52 bits per heavy atom. The van der Waals surface area contributed by atoms with E-state index in [9.17, 15) is 0 Å². The molecule has 1 aromatic carbocycles. The summed E-state index contributed by atoms with van der Waals surface area (Å²) in [4.78, 5) is 0. The Morgan fingerprint density at radius 2 is 1.95 bits per heavy atom. The summed E-state index contributed by atoms with van der Waals surface area (Å²) in [5.74, 6) is 0.765. The molecule has 2 aromatic rings.